The summed E-state index contributed by atoms with van der Waals surface area (Å²) in [6.07, 6.45) is -4.85. The molecule has 2 rings (SSSR count). The van der Waals surface area contributed by atoms with Gasteiger partial charge in [0, 0.05) is 24.1 Å². The van der Waals surface area contributed by atoms with Gasteiger partial charge in [0.1, 0.15) is 0 Å². The molecule has 1 aliphatic heterocycles. The SMILES string of the molecule is CCCC(c1ccc([N+](=O)[O-])cc1)(N1NC(=O)CC1(C)C)C(F)(F)F. The van der Waals surface area contributed by atoms with Gasteiger partial charge in [0.25, 0.3) is 5.69 Å². The smallest absolute Gasteiger partial charge is 0.287 e. The number of nitrogens with one attached hydrogen (secondary N) is 1. The number of hydrogen-bond acceptors (Lipinski definition) is 4. The molecule has 1 unspecified atom stereocenters. The van der Waals surface area contributed by atoms with Crippen molar-refractivity contribution in [3.8, 4) is 0 Å². The molecular weight excluding hydrogens is 339 g/mol. The van der Waals surface area contributed by atoms with Gasteiger partial charge in [-0.1, -0.05) is 13.3 Å². The van der Waals surface area contributed by atoms with Gasteiger partial charge in [-0.05, 0) is 38.0 Å². The number of nitro benzene ring substituents is 1. The first-order valence-corrected chi connectivity index (χ1v) is 7.87. The minimum Gasteiger partial charge on any atom is -0.287 e. The van der Waals surface area contributed by atoms with E-state index in [2.05, 4.69) is 5.43 Å². The van der Waals surface area contributed by atoms with Crippen LogP contribution in [0, 0.1) is 10.1 Å². The Balaban J connectivity index is 2.67. The standard InChI is InChI=1S/C16H20F3N3O3/c1-4-9-15(16(17,18)19,22-14(2,3)10-13(23)20-22)11-5-7-12(8-6-11)21(24)25/h5-8H,4,9-10H2,1-3H3,(H,20,23). The molecular formula is C16H20F3N3O3. The average molecular weight is 359 g/mol. The van der Waals surface area contributed by atoms with Crippen LogP contribution in [0.2, 0.25) is 0 Å². The van der Waals surface area contributed by atoms with Gasteiger partial charge in [-0.15, -0.1) is 0 Å². The maximum Gasteiger partial charge on any atom is 0.412 e. The number of alkyl halides is 3. The Bertz CT molecular complexity index is 673. The van der Waals surface area contributed by atoms with E-state index >= 15 is 0 Å². The van der Waals surface area contributed by atoms with Gasteiger partial charge in [0.05, 0.1) is 4.92 Å². The van der Waals surface area contributed by atoms with Gasteiger partial charge in [0.15, 0.2) is 5.54 Å². The Labute approximate surface area is 143 Å². The van der Waals surface area contributed by atoms with Gasteiger partial charge in [0.2, 0.25) is 5.91 Å². The van der Waals surface area contributed by atoms with Crippen molar-refractivity contribution in [1.82, 2.24) is 10.4 Å². The quantitative estimate of drug-likeness (QED) is 0.643. The second kappa shape index (κ2) is 6.29. The molecule has 138 valence electrons. The molecule has 0 radical (unpaired) electrons. The molecule has 1 aromatic carbocycles. The van der Waals surface area contributed by atoms with E-state index in [-0.39, 0.29) is 30.5 Å². The fourth-order valence-corrected chi connectivity index (χ4v) is 3.44. The minimum absolute atomic E-state index is 0.0679. The lowest BCUT2D eigenvalue weighted by molar-refractivity contribution is -0.384. The van der Waals surface area contributed by atoms with E-state index in [4.69, 9.17) is 0 Å². The van der Waals surface area contributed by atoms with Crippen molar-refractivity contribution in [3.63, 3.8) is 0 Å². The highest BCUT2D eigenvalue weighted by molar-refractivity contribution is 5.79. The van der Waals surface area contributed by atoms with Gasteiger partial charge in [-0.25, -0.2) is 0 Å². The van der Waals surface area contributed by atoms with Crippen LogP contribution < -0.4 is 5.43 Å². The Morgan fingerprint density at radius 1 is 1.28 bits per heavy atom. The lowest BCUT2D eigenvalue weighted by Crippen LogP contribution is -2.64. The molecule has 0 spiro atoms. The second-order valence-corrected chi connectivity index (χ2v) is 6.77. The summed E-state index contributed by atoms with van der Waals surface area (Å²) in [7, 11) is 0. The molecule has 1 aliphatic rings. The third-order valence-corrected chi connectivity index (χ3v) is 4.45. The molecule has 1 aromatic rings. The topological polar surface area (TPSA) is 75.5 Å². The van der Waals surface area contributed by atoms with Crippen molar-refractivity contribution in [2.24, 2.45) is 0 Å². The number of benzene rings is 1. The summed E-state index contributed by atoms with van der Waals surface area (Å²) in [4.78, 5) is 21.9. The fourth-order valence-electron chi connectivity index (χ4n) is 3.44. The fraction of sp³-hybridized carbons (Fsp3) is 0.562. The van der Waals surface area contributed by atoms with Gasteiger partial charge in [-0.2, -0.15) is 18.2 Å². The Morgan fingerprint density at radius 3 is 2.20 bits per heavy atom. The number of nitrogens with zero attached hydrogens (tertiary/aromatic N) is 2. The van der Waals surface area contributed by atoms with Gasteiger partial charge < -0.3 is 0 Å². The van der Waals surface area contributed by atoms with E-state index in [9.17, 15) is 28.1 Å². The lowest BCUT2D eigenvalue weighted by Gasteiger charge is -2.48. The van der Waals surface area contributed by atoms with Crippen LogP contribution in [0.4, 0.5) is 18.9 Å². The van der Waals surface area contributed by atoms with Crippen LogP contribution in [0.3, 0.4) is 0 Å². The normalized spacial score (nSPS) is 20.2. The van der Waals surface area contributed by atoms with Crippen molar-refractivity contribution in [2.45, 2.75) is 57.3 Å². The molecule has 1 fully saturated rings. The number of halogens is 3. The second-order valence-electron chi connectivity index (χ2n) is 6.77. The molecule has 9 heteroatoms. The molecule has 1 amide bonds. The summed E-state index contributed by atoms with van der Waals surface area (Å²) in [5.74, 6) is -0.489. The predicted molar refractivity (Wildman–Crippen MR) is 84.4 cm³/mol. The van der Waals surface area contributed by atoms with E-state index in [1.807, 2.05) is 0 Å². The van der Waals surface area contributed by atoms with Crippen LogP contribution in [0.25, 0.3) is 0 Å². The number of carbonyl (C=O) groups excluding carboxylic acids is 1. The van der Waals surface area contributed by atoms with Crippen LogP contribution in [0.1, 0.15) is 45.6 Å². The summed E-state index contributed by atoms with van der Waals surface area (Å²) >= 11 is 0. The third kappa shape index (κ3) is 3.20. The highest BCUT2D eigenvalue weighted by Gasteiger charge is 2.64. The first-order valence-electron chi connectivity index (χ1n) is 7.87. The van der Waals surface area contributed by atoms with Crippen molar-refractivity contribution in [2.75, 3.05) is 0 Å². The monoisotopic (exact) mass is 359 g/mol. The zero-order valence-electron chi connectivity index (χ0n) is 14.2. The summed E-state index contributed by atoms with van der Waals surface area (Å²) in [6.45, 7) is 4.75. The van der Waals surface area contributed by atoms with Crippen LogP contribution in [-0.4, -0.2) is 27.6 Å². The van der Waals surface area contributed by atoms with Crippen molar-refractivity contribution < 1.29 is 22.9 Å². The van der Waals surface area contributed by atoms with Crippen LogP contribution in [0.15, 0.2) is 24.3 Å². The largest absolute Gasteiger partial charge is 0.412 e. The van der Waals surface area contributed by atoms with E-state index in [0.717, 1.165) is 29.3 Å². The Morgan fingerprint density at radius 2 is 1.84 bits per heavy atom. The van der Waals surface area contributed by atoms with E-state index < -0.39 is 28.1 Å². The number of hydrazine groups is 1. The van der Waals surface area contributed by atoms with E-state index in [1.165, 1.54) is 0 Å². The molecule has 25 heavy (non-hydrogen) atoms. The Kier molecular flexibility index (Phi) is 4.82. The molecule has 6 nitrogen and oxygen atoms in total. The first-order chi connectivity index (χ1) is 11.5. The number of hydrogen-bond donors (Lipinski definition) is 1. The predicted octanol–water partition coefficient (Wildman–Crippen LogP) is 3.67. The van der Waals surface area contributed by atoms with Crippen LogP contribution in [0.5, 0.6) is 0 Å². The molecule has 1 N–H and O–H groups in total. The lowest BCUT2D eigenvalue weighted by atomic mass is 9.81. The number of carbonyl (C=O) groups is 1. The minimum atomic E-state index is -4.70. The average Bonchev–Trinajstić information content (AvgIpc) is 2.76. The van der Waals surface area contributed by atoms with E-state index in [1.54, 1.807) is 20.8 Å². The zero-order chi connectivity index (χ0) is 19.0. The first kappa shape index (κ1) is 19.2. The van der Waals surface area contributed by atoms with Crippen molar-refractivity contribution >= 4 is 11.6 Å². The van der Waals surface area contributed by atoms with Gasteiger partial charge >= 0.3 is 6.18 Å². The zero-order valence-corrected chi connectivity index (χ0v) is 14.2. The number of nitro groups is 1. The highest BCUT2D eigenvalue weighted by atomic mass is 19.4. The van der Waals surface area contributed by atoms with Crippen LogP contribution >= 0.6 is 0 Å². The molecule has 0 aromatic heterocycles. The number of rotatable bonds is 5. The van der Waals surface area contributed by atoms with Crippen molar-refractivity contribution in [1.29, 1.82) is 0 Å². The summed E-state index contributed by atoms with van der Waals surface area (Å²) in [5, 5.41) is 11.8. The van der Waals surface area contributed by atoms with E-state index in [0.29, 0.717) is 0 Å². The number of amides is 1. The van der Waals surface area contributed by atoms with Crippen LogP contribution in [-0.2, 0) is 10.3 Å². The molecule has 0 saturated carbocycles. The highest BCUT2D eigenvalue weighted by Crippen LogP contribution is 2.50. The van der Waals surface area contributed by atoms with Gasteiger partial charge in [-0.3, -0.25) is 20.3 Å². The molecule has 1 atom stereocenters. The molecule has 0 aliphatic carbocycles. The molecule has 0 bridgehead atoms. The third-order valence-electron chi connectivity index (χ3n) is 4.45. The summed E-state index contributed by atoms with van der Waals surface area (Å²) < 4.78 is 42.9. The van der Waals surface area contributed by atoms with Crippen molar-refractivity contribution in [3.05, 3.63) is 39.9 Å². The number of non-ortho nitro benzene ring substituents is 1. The summed E-state index contributed by atoms with van der Waals surface area (Å²) in [5.41, 5.74) is -1.61. The summed E-state index contributed by atoms with van der Waals surface area (Å²) in [6, 6.07) is 4.33. The Hall–Kier alpha value is -2.16. The molecule has 1 saturated heterocycles. The maximum absolute atomic E-state index is 14.3. The molecule has 1 heterocycles. The maximum atomic E-state index is 14.3.